The van der Waals surface area contributed by atoms with Crippen LogP contribution in [0.25, 0.3) is 0 Å². The lowest BCUT2D eigenvalue weighted by molar-refractivity contribution is -0.165. The Kier molecular flexibility index (Phi) is 8.91. The monoisotopic (exact) mass is 587 g/mol. The summed E-state index contributed by atoms with van der Waals surface area (Å²) in [7, 11) is 2.31. The zero-order chi connectivity index (χ0) is 30.5. The molecule has 2 aliphatic rings. The van der Waals surface area contributed by atoms with Crippen molar-refractivity contribution in [1.29, 1.82) is 0 Å². The number of esters is 2. The molecule has 2 saturated heterocycles. The summed E-state index contributed by atoms with van der Waals surface area (Å²) >= 11 is 0. The minimum Gasteiger partial charge on any atom is -0.468 e. The Morgan fingerprint density at radius 1 is 0.837 bits per heavy atom. The summed E-state index contributed by atoms with van der Waals surface area (Å²) in [4.78, 5) is 29.2. The van der Waals surface area contributed by atoms with Gasteiger partial charge in [0, 0.05) is 0 Å². The van der Waals surface area contributed by atoms with Crippen molar-refractivity contribution in [3.63, 3.8) is 0 Å². The molecule has 10 heteroatoms. The van der Waals surface area contributed by atoms with Crippen molar-refractivity contribution in [2.75, 3.05) is 20.8 Å². The van der Waals surface area contributed by atoms with Gasteiger partial charge in [-0.2, -0.15) is 0 Å². The van der Waals surface area contributed by atoms with E-state index in [0.717, 1.165) is 29.9 Å². The van der Waals surface area contributed by atoms with Crippen LogP contribution < -0.4 is 0 Å². The molecular formula is C33H33NO9. The number of carbonyl (C=O) groups is 2. The van der Waals surface area contributed by atoms with Crippen LogP contribution in [0.1, 0.15) is 30.5 Å². The first-order valence-electron chi connectivity index (χ1n) is 13.7. The van der Waals surface area contributed by atoms with Crippen LogP contribution in [0.15, 0.2) is 108 Å². The second-order valence-electron chi connectivity index (χ2n) is 10.3. The Labute approximate surface area is 249 Å². The molecule has 2 aliphatic heterocycles. The molecule has 224 valence electrons. The highest BCUT2D eigenvalue weighted by molar-refractivity contribution is 5.94. The summed E-state index contributed by atoms with van der Waals surface area (Å²) < 4.78 is 34.7. The van der Waals surface area contributed by atoms with Crippen molar-refractivity contribution in [2.24, 2.45) is 5.16 Å². The Balaban J connectivity index is 1.49. The van der Waals surface area contributed by atoms with Gasteiger partial charge in [-0.25, -0.2) is 9.59 Å². The number of nitrogens with zero attached hydrogens (tertiary/aromatic N) is 1. The van der Waals surface area contributed by atoms with Crippen molar-refractivity contribution in [3.05, 3.63) is 120 Å². The van der Waals surface area contributed by atoms with Gasteiger partial charge in [0.1, 0.15) is 11.7 Å². The number of hydrogen-bond acceptors (Lipinski definition) is 10. The van der Waals surface area contributed by atoms with Crippen LogP contribution in [-0.4, -0.2) is 62.8 Å². The Bertz CT molecular complexity index is 1380. The Morgan fingerprint density at radius 3 is 1.86 bits per heavy atom. The molecule has 2 heterocycles. The molecular weight excluding hydrogens is 554 g/mol. The third-order valence-corrected chi connectivity index (χ3v) is 7.09. The summed E-state index contributed by atoms with van der Waals surface area (Å²) in [5.74, 6) is -3.17. The molecule has 0 amide bonds. The predicted molar refractivity (Wildman–Crippen MR) is 154 cm³/mol. The van der Waals surface area contributed by atoms with Gasteiger partial charge in [-0.05, 0) is 35.7 Å². The summed E-state index contributed by atoms with van der Waals surface area (Å²) in [6.45, 7) is 3.63. The highest BCUT2D eigenvalue weighted by Gasteiger charge is 2.56. The number of ether oxygens (including phenoxy) is 6. The van der Waals surface area contributed by atoms with Crippen LogP contribution in [0.2, 0.25) is 0 Å². The first kappa shape index (κ1) is 30.0. The maximum absolute atomic E-state index is 12.2. The average molecular weight is 588 g/mol. The number of oxime groups is 1. The molecule has 5 rings (SSSR count). The third kappa shape index (κ3) is 6.31. The normalized spacial score (nSPS) is 22.0. The van der Waals surface area contributed by atoms with Crippen molar-refractivity contribution < 1.29 is 42.8 Å². The molecule has 2 fully saturated rings. The molecule has 0 saturated carbocycles. The first-order chi connectivity index (χ1) is 20.8. The van der Waals surface area contributed by atoms with E-state index in [4.69, 9.17) is 23.8 Å². The number of rotatable bonds is 10. The predicted octanol–water partition coefficient (Wildman–Crippen LogP) is 4.47. The number of benzene rings is 3. The van der Waals surface area contributed by atoms with E-state index in [1.165, 1.54) is 7.11 Å². The van der Waals surface area contributed by atoms with Crippen LogP contribution in [0.5, 0.6) is 0 Å². The molecule has 0 aliphatic carbocycles. The summed E-state index contributed by atoms with van der Waals surface area (Å²) in [5.41, 5.74) is 1.80. The number of hydrogen-bond donors (Lipinski definition) is 0. The second-order valence-corrected chi connectivity index (χ2v) is 10.3. The quantitative estimate of drug-likeness (QED) is 0.112. The van der Waals surface area contributed by atoms with Gasteiger partial charge >= 0.3 is 11.9 Å². The fraction of sp³-hybridized carbons (Fsp3) is 0.303. The number of carbonyl (C=O) groups excluding carboxylic acids is 2. The van der Waals surface area contributed by atoms with Crippen molar-refractivity contribution in [2.45, 2.75) is 43.5 Å². The molecule has 3 aromatic rings. The van der Waals surface area contributed by atoms with E-state index in [9.17, 15) is 9.59 Å². The fourth-order valence-corrected chi connectivity index (χ4v) is 5.20. The number of methoxy groups -OCH3 is 2. The van der Waals surface area contributed by atoms with E-state index in [-0.39, 0.29) is 12.5 Å². The van der Waals surface area contributed by atoms with Crippen LogP contribution in [0.3, 0.4) is 0 Å². The smallest absolute Gasteiger partial charge is 0.377 e. The topological polar surface area (TPSA) is 111 Å². The lowest BCUT2D eigenvalue weighted by Crippen LogP contribution is -2.39. The van der Waals surface area contributed by atoms with E-state index in [2.05, 4.69) is 14.6 Å². The SMILES string of the molecule is COC(=O)/C=C(\O/N=C1/O[C@H](COC(c2ccccc2)(c2ccccc2)c2ccccc2)[C@H]2OC(C)(C)O[C@@H]12)C(=O)OC. The molecule has 0 aromatic heterocycles. The maximum atomic E-state index is 12.2. The first-order valence-corrected chi connectivity index (χ1v) is 13.7. The lowest BCUT2D eigenvalue weighted by Gasteiger charge is -2.37. The van der Waals surface area contributed by atoms with E-state index in [0.29, 0.717) is 0 Å². The molecule has 43 heavy (non-hydrogen) atoms. The fourth-order valence-electron chi connectivity index (χ4n) is 5.20. The van der Waals surface area contributed by atoms with Gasteiger partial charge in [0.15, 0.2) is 18.0 Å². The van der Waals surface area contributed by atoms with Gasteiger partial charge < -0.3 is 33.3 Å². The summed E-state index contributed by atoms with van der Waals surface area (Å²) in [6, 6.07) is 29.9. The minimum absolute atomic E-state index is 0.0218. The van der Waals surface area contributed by atoms with Crippen LogP contribution in [0, 0.1) is 0 Å². The standard InChI is InChI=1S/C33H33NO9/c1-32(2)41-28-26(40-30(29(28)42-32)34-43-25(31(36)38-4)20-27(35)37-3)21-39-33(22-14-8-5-9-15-22,23-16-10-6-11-17-23)24-18-12-7-13-19-24/h5-20,26,28-29H,21H2,1-4H3/b25-20-,34-30+/t26-,28-,29-/m1/s1. The van der Waals surface area contributed by atoms with Crippen molar-refractivity contribution in [3.8, 4) is 0 Å². The highest BCUT2D eigenvalue weighted by atomic mass is 16.8. The molecule has 0 N–H and O–H groups in total. The lowest BCUT2D eigenvalue weighted by atomic mass is 9.80. The largest absolute Gasteiger partial charge is 0.468 e. The Morgan fingerprint density at radius 2 is 1.37 bits per heavy atom. The minimum atomic E-state index is -0.991. The molecule has 10 nitrogen and oxygen atoms in total. The van der Waals surface area contributed by atoms with Gasteiger partial charge in [-0.1, -0.05) is 91.0 Å². The average Bonchev–Trinajstić information content (AvgIpc) is 3.53. The van der Waals surface area contributed by atoms with Gasteiger partial charge in [0.2, 0.25) is 5.76 Å². The van der Waals surface area contributed by atoms with Crippen LogP contribution in [0.4, 0.5) is 0 Å². The molecule has 0 spiro atoms. The number of fused-ring (bicyclic) bond motifs is 1. The summed E-state index contributed by atoms with van der Waals surface area (Å²) in [5, 5.41) is 4.01. The zero-order valence-corrected chi connectivity index (χ0v) is 24.3. The second kappa shape index (κ2) is 12.8. The van der Waals surface area contributed by atoms with Crippen molar-refractivity contribution in [1.82, 2.24) is 0 Å². The Hall–Kier alpha value is -4.51. The van der Waals surface area contributed by atoms with Gasteiger partial charge in [-0.3, -0.25) is 0 Å². The van der Waals surface area contributed by atoms with Gasteiger partial charge in [0.05, 0.1) is 26.9 Å². The third-order valence-electron chi connectivity index (χ3n) is 7.09. The van der Waals surface area contributed by atoms with E-state index >= 15 is 0 Å². The van der Waals surface area contributed by atoms with E-state index < -0.39 is 47.4 Å². The van der Waals surface area contributed by atoms with Crippen LogP contribution in [-0.2, 0) is 48.4 Å². The van der Waals surface area contributed by atoms with Crippen LogP contribution >= 0.6 is 0 Å². The van der Waals surface area contributed by atoms with Gasteiger partial charge in [0.25, 0.3) is 5.90 Å². The molecule has 3 atom stereocenters. The van der Waals surface area contributed by atoms with Gasteiger partial charge in [-0.15, -0.1) is 0 Å². The van der Waals surface area contributed by atoms with Crippen molar-refractivity contribution >= 4 is 17.8 Å². The molecule has 0 unspecified atom stereocenters. The molecule has 3 aromatic carbocycles. The van der Waals surface area contributed by atoms with E-state index in [1.54, 1.807) is 13.8 Å². The zero-order valence-electron chi connectivity index (χ0n) is 24.3. The summed E-state index contributed by atoms with van der Waals surface area (Å²) in [6.07, 6.45) is -1.22. The molecule has 0 radical (unpaired) electrons. The highest BCUT2D eigenvalue weighted by Crippen LogP contribution is 2.42. The maximum Gasteiger partial charge on any atom is 0.377 e. The molecule has 0 bridgehead atoms. The van der Waals surface area contributed by atoms with E-state index in [1.807, 2.05) is 91.0 Å².